The third-order valence-corrected chi connectivity index (χ3v) is 7.48. The Morgan fingerprint density at radius 1 is 1.11 bits per heavy atom. The Balaban J connectivity index is 1.82. The van der Waals surface area contributed by atoms with E-state index in [4.69, 9.17) is 9.84 Å². The predicted octanol–water partition coefficient (Wildman–Crippen LogP) is 4.23. The van der Waals surface area contributed by atoms with Crippen LogP contribution in [0, 0.1) is 12.8 Å². The highest BCUT2D eigenvalue weighted by Crippen LogP contribution is 2.40. The maximum Gasteiger partial charge on any atom is 0.323 e. The summed E-state index contributed by atoms with van der Waals surface area (Å²) in [5, 5.41) is 18.1. The molecule has 1 aliphatic heterocycles. The molecule has 9 heteroatoms. The molecule has 2 atom stereocenters. The maximum absolute atomic E-state index is 13.2. The fourth-order valence-corrected chi connectivity index (χ4v) is 5.43. The summed E-state index contributed by atoms with van der Waals surface area (Å²) >= 11 is 0. The van der Waals surface area contributed by atoms with Crippen LogP contribution < -0.4 is 20.7 Å². The van der Waals surface area contributed by atoms with Crippen LogP contribution in [-0.2, 0) is 15.1 Å². The normalized spacial score (nSPS) is 16.9. The highest BCUT2D eigenvalue weighted by Gasteiger charge is 2.45. The number of carbonyl (C=O) groups is 3. The molecule has 0 bridgehead atoms. The van der Waals surface area contributed by atoms with E-state index in [-0.39, 0.29) is 24.2 Å². The fraction of sp³-hybridized carbons (Fsp3) is 0.464. The van der Waals surface area contributed by atoms with Crippen LogP contribution in [0.5, 0.6) is 5.75 Å². The second-order valence-corrected chi connectivity index (χ2v) is 9.68. The van der Waals surface area contributed by atoms with Gasteiger partial charge >= 0.3 is 12.0 Å². The van der Waals surface area contributed by atoms with E-state index in [1.165, 1.54) is 7.11 Å². The lowest BCUT2D eigenvalue weighted by Gasteiger charge is -2.45. The number of ketones is 1. The van der Waals surface area contributed by atoms with Gasteiger partial charge in [-0.25, -0.2) is 4.79 Å². The van der Waals surface area contributed by atoms with Gasteiger partial charge in [0.15, 0.2) is 5.78 Å². The number of ether oxygens (including phenoxy) is 1. The zero-order valence-electron chi connectivity index (χ0n) is 22.3. The van der Waals surface area contributed by atoms with Gasteiger partial charge in [0.1, 0.15) is 11.3 Å². The van der Waals surface area contributed by atoms with Crippen LogP contribution in [0.15, 0.2) is 42.5 Å². The second kappa shape index (κ2) is 12.2. The number of amides is 2. The molecule has 1 saturated heterocycles. The number of aryl methyl sites for hydroxylation is 1. The van der Waals surface area contributed by atoms with Gasteiger partial charge in [0.2, 0.25) is 0 Å². The number of hydrogen-bond acceptors (Lipinski definition) is 6. The van der Waals surface area contributed by atoms with E-state index >= 15 is 0 Å². The average molecular weight is 511 g/mol. The topological polar surface area (TPSA) is 120 Å². The SMILES string of the molecule is CNC(C(C)=O)(c1ccc(NC(=O)Nc2ccccc2C)c(OC)c1)C1CCN(C(C)CC(=O)O)CC1. The molecule has 0 aromatic heterocycles. The molecule has 2 aromatic carbocycles. The van der Waals surface area contributed by atoms with Gasteiger partial charge in [-0.2, -0.15) is 0 Å². The molecule has 4 N–H and O–H groups in total. The number of likely N-dealkylation sites (N-methyl/N-ethyl adjacent to an activating group) is 1. The van der Waals surface area contributed by atoms with E-state index in [0.717, 1.165) is 24.0 Å². The van der Waals surface area contributed by atoms with E-state index < -0.39 is 17.5 Å². The molecule has 0 aliphatic carbocycles. The number of likely N-dealkylation sites (tertiary alicyclic amines) is 1. The summed E-state index contributed by atoms with van der Waals surface area (Å²) in [7, 11) is 3.32. The minimum Gasteiger partial charge on any atom is -0.495 e. The third kappa shape index (κ3) is 6.29. The van der Waals surface area contributed by atoms with Crippen molar-refractivity contribution in [1.82, 2.24) is 10.2 Å². The van der Waals surface area contributed by atoms with Crippen molar-refractivity contribution in [2.24, 2.45) is 5.92 Å². The first-order chi connectivity index (χ1) is 17.6. The summed E-state index contributed by atoms with van der Waals surface area (Å²) in [4.78, 5) is 39.2. The van der Waals surface area contributed by atoms with Gasteiger partial charge in [-0.15, -0.1) is 0 Å². The van der Waals surface area contributed by atoms with Gasteiger partial charge in [0, 0.05) is 11.7 Å². The minimum absolute atomic E-state index is 0.00732. The Bertz CT molecular complexity index is 1130. The van der Waals surface area contributed by atoms with Crippen molar-refractivity contribution in [3.8, 4) is 5.75 Å². The molecule has 2 amide bonds. The molecular weight excluding hydrogens is 472 g/mol. The first-order valence-corrected chi connectivity index (χ1v) is 12.6. The van der Waals surface area contributed by atoms with Gasteiger partial charge < -0.3 is 30.7 Å². The molecule has 1 aliphatic rings. The van der Waals surface area contributed by atoms with Crippen LogP contribution in [0.3, 0.4) is 0 Å². The minimum atomic E-state index is -0.933. The Hall–Kier alpha value is -3.43. The number of hydrogen-bond donors (Lipinski definition) is 4. The van der Waals surface area contributed by atoms with E-state index in [2.05, 4.69) is 20.9 Å². The third-order valence-electron chi connectivity index (χ3n) is 7.48. The molecule has 0 saturated carbocycles. The molecule has 200 valence electrons. The van der Waals surface area contributed by atoms with E-state index in [1.54, 1.807) is 26.1 Å². The Kier molecular flexibility index (Phi) is 9.29. The summed E-state index contributed by atoms with van der Waals surface area (Å²) in [5.74, 6) is -0.356. The number of nitrogens with zero attached hydrogens (tertiary/aromatic N) is 1. The summed E-state index contributed by atoms with van der Waals surface area (Å²) in [5.41, 5.74) is 1.98. The van der Waals surface area contributed by atoms with Crippen LogP contribution in [-0.4, -0.2) is 61.1 Å². The zero-order chi connectivity index (χ0) is 27.2. The Morgan fingerprint density at radius 3 is 2.32 bits per heavy atom. The summed E-state index contributed by atoms with van der Waals surface area (Å²) in [6.45, 7) is 6.86. The van der Waals surface area contributed by atoms with E-state index in [0.29, 0.717) is 30.2 Å². The summed E-state index contributed by atoms with van der Waals surface area (Å²) < 4.78 is 5.61. The molecule has 3 rings (SSSR count). The van der Waals surface area contributed by atoms with Crippen molar-refractivity contribution in [2.75, 3.05) is 37.9 Å². The quantitative estimate of drug-likeness (QED) is 0.378. The highest BCUT2D eigenvalue weighted by molar-refractivity contribution is 6.01. The molecule has 1 heterocycles. The number of para-hydroxylation sites is 1. The van der Waals surface area contributed by atoms with E-state index in [1.807, 2.05) is 44.2 Å². The van der Waals surface area contributed by atoms with Gasteiger partial charge in [0.25, 0.3) is 0 Å². The molecule has 2 aromatic rings. The number of urea groups is 1. The second-order valence-electron chi connectivity index (χ2n) is 9.68. The lowest BCUT2D eigenvalue weighted by molar-refractivity contribution is -0.138. The number of methoxy groups -OCH3 is 1. The zero-order valence-corrected chi connectivity index (χ0v) is 22.3. The number of aliphatic carboxylic acids is 1. The molecule has 0 spiro atoms. The van der Waals surface area contributed by atoms with Crippen LogP contribution in [0.2, 0.25) is 0 Å². The number of nitrogens with one attached hydrogen (secondary N) is 3. The van der Waals surface area contributed by atoms with Crippen LogP contribution in [0.4, 0.5) is 16.2 Å². The van der Waals surface area contributed by atoms with Crippen LogP contribution >= 0.6 is 0 Å². The van der Waals surface area contributed by atoms with Crippen molar-refractivity contribution >= 4 is 29.2 Å². The Labute approximate surface area is 218 Å². The molecule has 1 fully saturated rings. The number of carboxylic acids is 1. The Morgan fingerprint density at radius 2 is 1.76 bits per heavy atom. The lowest BCUT2D eigenvalue weighted by atomic mass is 9.70. The standard InChI is InChI=1S/C28H38N4O5/c1-18-8-6-7-9-23(18)30-27(36)31-24-11-10-22(17-25(24)37-5)28(29-4,20(3)33)21-12-14-32(15-13-21)19(2)16-26(34)35/h6-11,17,19,21,29H,12-16H2,1-5H3,(H,34,35)(H2,30,31,36). The van der Waals surface area contributed by atoms with Crippen molar-refractivity contribution in [3.05, 3.63) is 53.6 Å². The first kappa shape index (κ1) is 28.1. The number of rotatable bonds is 10. The lowest BCUT2D eigenvalue weighted by Crippen LogP contribution is -2.56. The number of anilines is 2. The number of piperidine rings is 1. The molecule has 9 nitrogen and oxygen atoms in total. The van der Waals surface area contributed by atoms with Crippen molar-refractivity contribution < 1.29 is 24.2 Å². The van der Waals surface area contributed by atoms with Gasteiger partial charge in [-0.1, -0.05) is 24.3 Å². The smallest absolute Gasteiger partial charge is 0.323 e. The monoisotopic (exact) mass is 510 g/mol. The van der Waals surface area contributed by atoms with Crippen LogP contribution in [0.25, 0.3) is 0 Å². The first-order valence-electron chi connectivity index (χ1n) is 12.6. The molecule has 2 unspecified atom stereocenters. The van der Waals surface area contributed by atoms with E-state index in [9.17, 15) is 14.4 Å². The van der Waals surface area contributed by atoms with Gasteiger partial charge in [-0.3, -0.25) is 9.59 Å². The number of carboxylic acid groups (broad SMARTS) is 1. The van der Waals surface area contributed by atoms with Gasteiger partial charge in [0.05, 0.1) is 19.2 Å². The van der Waals surface area contributed by atoms with Crippen molar-refractivity contribution in [3.63, 3.8) is 0 Å². The maximum atomic E-state index is 13.2. The summed E-state index contributed by atoms with van der Waals surface area (Å²) in [6, 6.07) is 12.5. The number of Topliss-reactive ketones (excluding diaryl/α,β-unsaturated/α-hetero) is 1. The molecule has 0 radical (unpaired) electrons. The molecule has 37 heavy (non-hydrogen) atoms. The number of benzene rings is 2. The molecular formula is C28H38N4O5. The fourth-order valence-electron chi connectivity index (χ4n) is 5.43. The van der Waals surface area contributed by atoms with Crippen molar-refractivity contribution in [1.29, 1.82) is 0 Å². The van der Waals surface area contributed by atoms with Gasteiger partial charge in [-0.05, 0) is 89.0 Å². The predicted molar refractivity (Wildman–Crippen MR) is 144 cm³/mol. The van der Waals surface area contributed by atoms with Crippen molar-refractivity contribution in [2.45, 2.75) is 51.6 Å². The highest BCUT2D eigenvalue weighted by atomic mass is 16.5. The average Bonchev–Trinajstić information content (AvgIpc) is 2.86. The largest absolute Gasteiger partial charge is 0.495 e. The summed E-state index contributed by atoms with van der Waals surface area (Å²) in [6.07, 6.45) is 1.58. The number of carbonyl (C=O) groups excluding carboxylic acids is 2. The van der Waals surface area contributed by atoms with Crippen LogP contribution in [0.1, 0.15) is 44.2 Å².